The van der Waals surface area contributed by atoms with E-state index in [1.165, 1.54) is 36.5 Å². The van der Waals surface area contributed by atoms with Gasteiger partial charge in [0.2, 0.25) is 0 Å². The molecule has 210 valence electrons. The van der Waals surface area contributed by atoms with E-state index in [1.54, 1.807) is 30.6 Å². The highest BCUT2D eigenvalue weighted by Gasteiger charge is 2.50. The predicted molar refractivity (Wildman–Crippen MR) is 154 cm³/mol. The van der Waals surface area contributed by atoms with Crippen LogP contribution in [-0.4, -0.2) is 50.3 Å². The molecule has 0 spiro atoms. The molecule has 2 unspecified atom stereocenters. The third-order valence-corrected chi connectivity index (χ3v) is 8.19. The highest BCUT2D eigenvalue weighted by molar-refractivity contribution is 8.06. The Hall–Kier alpha value is -3.52. The Bertz CT molecular complexity index is 1540. The number of halogens is 2. The first-order chi connectivity index (χ1) is 19.1. The molecule has 2 aromatic rings. The largest absolute Gasteiger partial charge is 0.388 e. The number of aromatic nitrogens is 1. The van der Waals surface area contributed by atoms with Gasteiger partial charge in [-0.2, -0.15) is 8.78 Å². The molecule has 9 nitrogen and oxygen atoms in total. The van der Waals surface area contributed by atoms with Crippen LogP contribution in [0.4, 0.5) is 14.5 Å². The van der Waals surface area contributed by atoms with Gasteiger partial charge in [0, 0.05) is 35.5 Å². The molecule has 0 radical (unpaired) electrons. The number of alkyl halides is 2. The Kier molecular flexibility index (Phi) is 7.82. The number of sulfone groups is 1. The highest BCUT2D eigenvalue weighted by Crippen LogP contribution is 2.44. The molecule has 0 saturated carbocycles. The van der Waals surface area contributed by atoms with Gasteiger partial charge in [-0.1, -0.05) is 54.2 Å². The molecule has 5 rings (SSSR count). The number of pyridine rings is 1. The van der Waals surface area contributed by atoms with E-state index in [2.05, 4.69) is 25.9 Å². The normalized spacial score (nSPS) is 24.1. The van der Waals surface area contributed by atoms with Crippen LogP contribution in [0.1, 0.15) is 16.8 Å². The summed E-state index contributed by atoms with van der Waals surface area (Å²) < 4.78 is 58.9. The summed E-state index contributed by atoms with van der Waals surface area (Å²) in [5, 5.41) is 11.8. The van der Waals surface area contributed by atoms with Crippen molar-refractivity contribution in [2.45, 2.75) is 24.3 Å². The Balaban J connectivity index is 1.39. The number of thioether (sulfide) groups is 1. The number of allylic oxidation sites excluding steroid dienone is 2. The van der Waals surface area contributed by atoms with Gasteiger partial charge >= 0.3 is 0 Å². The van der Waals surface area contributed by atoms with E-state index in [-0.39, 0.29) is 24.5 Å². The van der Waals surface area contributed by atoms with Crippen molar-refractivity contribution < 1.29 is 21.9 Å². The molecule has 0 amide bonds. The molecule has 13 heteroatoms. The standard InChI is InChI=1S/C27H28F2N6O3S2/c1-40(36,37)11-10-31-14-24-35-23(16-39-24)21-12-20-22(13-32-21)33-17-34-27(20,30)19-8-5-9-26(28,29)25(19)38-15-18-6-3-2-4-7-18/h2-9,12-14,16-17,25,31,35H,10-11,15,30H2,1H3,(H,33,34). The van der Waals surface area contributed by atoms with Crippen LogP contribution in [0.15, 0.2) is 88.0 Å². The van der Waals surface area contributed by atoms with Gasteiger partial charge in [0.1, 0.15) is 9.84 Å². The monoisotopic (exact) mass is 586 g/mol. The van der Waals surface area contributed by atoms with Gasteiger partial charge in [-0.05, 0) is 17.7 Å². The molecule has 0 fully saturated rings. The molecule has 2 atom stereocenters. The van der Waals surface area contributed by atoms with E-state index in [0.717, 1.165) is 16.7 Å². The fourth-order valence-corrected chi connectivity index (χ4v) is 5.63. The molecule has 5 N–H and O–H groups in total. The molecule has 0 saturated heterocycles. The maximum absolute atomic E-state index is 15.2. The van der Waals surface area contributed by atoms with E-state index < -0.39 is 27.5 Å². The van der Waals surface area contributed by atoms with Crippen molar-refractivity contribution in [1.82, 2.24) is 15.6 Å². The van der Waals surface area contributed by atoms with Crippen LogP contribution < -0.4 is 21.7 Å². The number of aliphatic imine (C=N–C) groups is 1. The molecule has 1 aromatic carbocycles. The van der Waals surface area contributed by atoms with Crippen LogP contribution in [0.3, 0.4) is 0 Å². The highest BCUT2D eigenvalue weighted by atomic mass is 32.2. The summed E-state index contributed by atoms with van der Waals surface area (Å²) in [5.74, 6) is -3.29. The van der Waals surface area contributed by atoms with Gasteiger partial charge in [0.05, 0.1) is 47.0 Å². The molecule has 2 aliphatic heterocycles. The van der Waals surface area contributed by atoms with Crippen LogP contribution in [0.5, 0.6) is 0 Å². The summed E-state index contributed by atoms with van der Waals surface area (Å²) in [6, 6.07) is 10.8. The fourth-order valence-electron chi connectivity index (χ4n) is 4.40. The average molecular weight is 587 g/mol. The second kappa shape index (κ2) is 11.2. The van der Waals surface area contributed by atoms with Gasteiger partial charge in [0.15, 0.2) is 11.8 Å². The van der Waals surface area contributed by atoms with E-state index in [1.807, 2.05) is 23.6 Å². The average Bonchev–Trinajstić information content (AvgIpc) is 3.39. The van der Waals surface area contributed by atoms with Crippen LogP contribution >= 0.6 is 11.8 Å². The smallest absolute Gasteiger partial charge is 0.296 e. The second-order valence-corrected chi connectivity index (χ2v) is 12.7. The zero-order valence-corrected chi connectivity index (χ0v) is 23.1. The van der Waals surface area contributed by atoms with Gasteiger partial charge in [-0.15, -0.1) is 0 Å². The molecular formula is C27H28F2N6O3S2. The number of hydrogen-bond acceptors (Lipinski definition) is 10. The third-order valence-electron chi connectivity index (χ3n) is 6.42. The predicted octanol–water partition coefficient (Wildman–Crippen LogP) is 3.43. The lowest BCUT2D eigenvalue weighted by molar-refractivity contribution is -0.0996. The molecule has 40 heavy (non-hydrogen) atoms. The van der Waals surface area contributed by atoms with Crippen molar-refractivity contribution in [2.24, 2.45) is 10.7 Å². The summed E-state index contributed by atoms with van der Waals surface area (Å²) in [5.41, 5.74) is 8.25. The SMILES string of the molecule is CS(=O)(=O)CCNC=C1NC(c2cc3c(cn2)NC=NC3(N)C2=CC=CC(F)(F)C2OCc2ccccc2)=CS1. The molecule has 1 aromatic heterocycles. The summed E-state index contributed by atoms with van der Waals surface area (Å²) in [7, 11) is -3.07. The van der Waals surface area contributed by atoms with E-state index in [4.69, 9.17) is 10.5 Å². The number of benzene rings is 1. The maximum Gasteiger partial charge on any atom is 0.296 e. The summed E-state index contributed by atoms with van der Waals surface area (Å²) in [4.78, 5) is 8.94. The van der Waals surface area contributed by atoms with Crippen molar-refractivity contribution in [3.63, 3.8) is 0 Å². The number of nitrogens with zero attached hydrogens (tertiary/aromatic N) is 2. The van der Waals surface area contributed by atoms with Crippen molar-refractivity contribution in [3.8, 4) is 0 Å². The van der Waals surface area contributed by atoms with Crippen LogP contribution in [-0.2, 0) is 26.8 Å². The summed E-state index contributed by atoms with van der Waals surface area (Å²) >= 11 is 1.39. The molecule has 3 aliphatic rings. The van der Waals surface area contributed by atoms with Gasteiger partial charge in [0.25, 0.3) is 5.92 Å². The van der Waals surface area contributed by atoms with Crippen LogP contribution in [0, 0.1) is 0 Å². The van der Waals surface area contributed by atoms with E-state index in [0.29, 0.717) is 22.6 Å². The Morgan fingerprint density at radius 2 is 2.08 bits per heavy atom. The first-order valence-electron chi connectivity index (χ1n) is 12.3. The Morgan fingerprint density at radius 1 is 1.27 bits per heavy atom. The van der Waals surface area contributed by atoms with Crippen LogP contribution in [0.2, 0.25) is 0 Å². The topological polar surface area (TPSA) is 131 Å². The number of hydrogen-bond donors (Lipinski definition) is 4. The maximum atomic E-state index is 15.2. The first kappa shape index (κ1) is 28.0. The molecule has 3 heterocycles. The number of nitrogens with one attached hydrogen (secondary N) is 3. The van der Waals surface area contributed by atoms with Crippen molar-refractivity contribution in [1.29, 1.82) is 0 Å². The minimum Gasteiger partial charge on any atom is -0.388 e. The zero-order valence-electron chi connectivity index (χ0n) is 21.5. The Morgan fingerprint density at radius 3 is 2.85 bits per heavy atom. The van der Waals surface area contributed by atoms with Gasteiger partial charge < -0.3 is 20.7 Å². The molecule has 0 bridgehead atoms. The number of rotatable bonds is 9. The molecule has 1 aliphatic carbocycles. The first-order valence-corrected chi connectivity index (χ1v) is 15.3. The van der Waals surface area contributed by atoms with E-state index in [9.17, 15) is 8.42 Å². The Labute approximate surface area is 235 Å². The quantitative estimate of drug-likeness (QED) is 0.327. The minimum absolute atomic E-state index is 0.0142. The van der Waals surface area contributed by atoms with Crippen molar-refractivity contribution in [2.75, 3.05) is 23.9 Å². The second-order valence-electron chi connectivity index (χ2n) is 9.48. The van der Waals surface area contributed by atoms with Crippen molar-refractivity contribution in [3.05, 3.63) is 99.9 Å². The number of ether oxygens (including phenoxy) is 1. The zero-order chi connectivity index (χ0) is 28.4. The number of nitrogens with two attached hydrogens (primary N) is 1. The van der Waals surface area contributed by atoms with Crippen LogP contribution in [0.25, 0.3) is 5.70 Å². The lowest BCUT2D eigenvalue weighted by Crippen LogP contribution is -2.50. The van der Waals surface area contributed by atoms with Crippen molar-refractivity contribution >= 4 is 39.3 Å². The summed E-state index contributed by atoms with van der Waals surface area (Å²) in [6.07, 6.45) is 7.79. The minimum atomic E-state index is -3.31. The van der Waals surface area contributed by atoms with E-state index >= 15 is 8.78 Å². The summed E-state index contributed by atoms with van der Waals surface area (Å²) in [6.45, 7) is 0.248. The number of fused-ring (bicyclic) bond motifs is 1. The number of anilines is 1. The lowest BCUT2D eigenvalue weighted by atomic mass is 9.82. The molecular weight excluding hydrogens is 558 g/mol. The van der Waals surface area contributed by atoms with Gasteiger partial charge in [-0.3, -0.25) is 10.7 Å². The fraction of sp³-hybridized carbons (Fsp3) is 0.259. The lowest BCUT2D eigenvalue weighted by Gasteiger charge is -2.39. The third kappa shape index (κ3) is 6.12. The van der Waals surface area contributed by atoms with Gasteiger partial charge in [-0.25, -0.2) is 13.4 Å².